The van der Waals surface area contributed by atoms with Gasteiger partial charge in [-0.05, 0) is 18.1 Å². The zero-order valence-electron chi connectivity index (χ0n) is 11.7. The van der Waals surface area contributed by atoms with E-state index >= 15 is 0 Å². The summed E-state index contributed by atoms with van der Waals surface area (Å²) in [6, 6.07) is 13.8. The highest BCUT2D eigenvalue weighted by Crippen LogP contribution is 2.29. The highest BCUT2D eigenvalue weighted by atomic mass is 16.4. The van der Waals surface area contributed by atoms with Crippen LogP contribution >= 0.6 is 0 Å². The highest BCUT2D eigenvalue weighted by molar-refractivity contribution is 6.12. The largest absolute Gasteiger partial charge is 0.481 e. The summed E-state index contributed by atoms with van der Waals surface area (Å²) in [6.07, 6.45) is 0.419. The second-order valence-electron chi connectivity index (χ2n) is 4.80. The number of carboxylic acids is 1. The predicted molar refractivity (Wildman–Crippen MR) is 81.4 cm³/mol. The number of benzene rings is 2. The molecule has 2 aromatic rings. The van der Waals surface area contributed by atoms with Crippen LogP contribution in [0.5, 0.6) is 0 Å². The molecular weight excluding hydrogens is 266 g/mol. The number of nitrogens with two attached hydrogens (primary N) is 1. The fourth-order valence-electron chi connectivity index (χ4n) is 2.36. The van der Waals surface area contributed by atoms with Crippen molar-refractivity contribution in [1.82, 2.24) is 0 Å². The van der Waals surface area contributed by atoms with E-state index in [1.807, 2.05) is 6.07 Å². The second kappa shape index (κ2) is 6.22. The Kier molecular flexibility index (Phi) is 4.38. The first-order valence-electron chi connectivity index (χ1n) is 6.77. The van der Waals surface area contributed by atoms with Gasteiger partial charge < -0.3 is 10.8 Å². The number of ketones is 1. The van der Waals surface area contributed by atoms with Crippen LogP contribution in [-0.2, 0) is 4.79 Å². The van der Waals surface area contributed by atoms with E-state index in [9.17, 15) is 14.7 Å². The van der Waals surface area contributed by atoms with Crippen LogP contribution in [0.15, 0.2) is 48.5 Å². The number of rotatable bonds is 5. The van der Waals surface area contributed by atoms with Crippen molar-refractivity contribution in [2.45, 2.75) is 19.3 Å². The number of hydrogen-bond acceptors (Lipinski definition) is 3. The van der Waals surface area contributed by atoms with Crippen molar-refractivity contribution in [3.8, 4) is 0 Å². The average Bonchev–Trinajstić information content (AvgIpc) is 2.49. The molecule has 0 fully saturated rings. The molecule has 2 rings (SSSR count). The summed E-state index contributed by atoms with van der Waals surface area (Å²) < 4.78 is 0. The number of anilines is 1. The first-order chi connectivity index (χ1) is 10.1. The summed E-state index contributed by atoms with van der Waals surface area (Å²) in [5.41, 5.74) is 7.67. The van der Waals surface area contributed by atoms with Crippen LogP contribution in [0.3, 0.4) is 0 Å². The van der Waals surface area contributed by atoms with E-state index < -0.39 is 11.9 Å². The first kappa shape index (κ1) is 14.8. The maximum absolute atomic E-state index is 12.5. The van der Waals surface area contributed by atoms with Gasteiger partial charge in [0.05, 0.1) is 5.92 Å². The van der Waals surface area contributed by atoms with Crippen LogP contribution in [0.2, 0.25) is 0 Å². The number of aliphatic carboxylic acids is 1. The molecule has 21 heavy (non-hydrogen) atoms. The standard InChI is InChI=1S/C17H17NO3/c1-2-12(17(20)21)13-9-6-10-14(15(13)18)16(19)11-7-4-3-5-8-11/h3-10,12H,2,18H2,1H3,(H,20,21). The van der Waals surface area contributed by atoms with Crippen LogP contribution in [0.1, 0.15) is 40.7 Å². The first-order valence-corrected chi connectivity index (χ1v) is 6.77. The van der Waals surface area contributed by atoms with Crippen molar-refractivity contribution in [1.29, 1.82) is 0 Å². The molecule has 1 unspecified atom stereocenters. The molecule has 2 aromatic carbocycles. The lowest BCUT2D eigenvalue weighted by molar-refractivity contribution is -0.138. The van der Waals surface area contributed by atoms with Gasteiger partial charge in [-0.2, -0.15) is 0 Å². The van der Waals surface area contributed by atoms with E-state index in [2.05, 4.69) is 0 Å². The van der Waals surface area contributed by atoms with Gasteiger partial charge in [-0.25, -0.2) is 0 Å². The van der Waals surface area contributed by atoms with Crippen LogP contribution < -0.4 is 5.73 Å². The van der Waals surface area contributed by atoms with E-state index in [1.165, 1.54) is 0 Å². The molecule has 108 valence electrons. The Morgan fingerprint density at radius 1 is 1.10 bits per heavy atom. The molecule has 0 radical (unpaired) electrons. The quantitative estimate of drug-likeness (QED) is 0.652. The molecule has 4 heteroatoms. The van der Waals surface area contributed by atoms with Crippen molar-refractivity contribution < 1.29 is 14.7 Å². The smallest absolute Gasteiger partial charge is 0.311 e. The van der Waals surface area contributed by atoms with Crippen molar-refractivity contribution in [3.63, 3.8) is 0 Å². The van der Waals surface area contributed by atoms with Crippen molar-refractivity contribution in [3.05, 3.63) is 65.2 Å². The summed E-state index contributed by atoms with van der Waals surface area (Å²) in [5, 5.41) is 9.26. The SMILES string of the molecule is CCC(C(=O)O)c1cccc(C(=O)c2ccccc2)c1N. The molecule has 0 aromatic heterocycles. The average molecular weight is 283 g/mol. The minimum atomic E-state index is -0.937. The number of nitrogen functional groups attached to an aromatic ring is 1. The summed E-state index contributed by atoms with van der Waals surface area (Å²) >= 11 is 0. The molecule has 0 spiro atoms. The van der Waals surface area contributed by atoms with Gasteiger partial charge in [-0.1, -0.05) is 49.4 Å². The Labute approximate surface area is 123 Å². The Hall–Kier alpha value is -2.62. The van der Waals surface area contributed by atoms with Crippen molar-refractivity contribution in [2.75, 3.05) is 5.73 Å². The Morgan fingerprint density at radius 3 is 2.33 bits per heavy atom. The predicted octanol–water partition coefficient (Wildman–Crippen LogP) is 3.08. The third-order valence-corrected chi connectivity index (χ3v) is 3.50. The van der Waals surface area contributed by atoms with E-state index in [-0.39, 0.29) is 11.5 Å². The fraction of sp³-hybridized carbons (Fsp3) is 0.176. The second-order valence-corrected chi connectivity index (χ2v) is 4.80. The Morgan fingerprint density at radius 2 is 1.76 bits per heavy atom. The van der Waals surface area contributed by atoms with Gasteiger partial charge >= 0.3 is 5.97 Å². The minimum absolute atomic E-state index is 0.199. The lowest BCUT2D eigenvalue weighted by Crippen LogP contribution is -2.15. The van der Waals surface area contributed by atoms with E-state index in [4.69, 9.17) is 5.73 Å². The topological polar surface area (TPSA) is 80.4 Å². The number of para-hydroxylation sites is 1. The number of carbonyl (C=O) groups is 2. The number of carboxylic acid groups (broad SMARTS) is 1. The Balaban J connectivity index is 2.47. The highest BCUT2D eigenvalue weighted by Gasteiger charge is 2.23. The fourth-order valence-corrected chi connectivity index (χ4v) is 2.36. The minimum Gasteiger partial charge on any atom is -0.481 e. The summed E-state index contributed by atoms with van der Waals surface area (Å²) in [5.74, 6) is -1.84. The van der Waals surface area contributed by atoms with Gasteiger partial charge in [-0.3, -0.25) is 9.59 Å². The maximum Gasteiger partial charge on any atom is 0.311 e. The van der Waals surface area contributed by atoms with Gasteiger partial charge in [0.1, 0.15) is 0 Å². The molecule has 0 bridgehead atoms. The van der Waals surface area contributed by atoms with Gasteiger partial charge in [0.2, 0.25) is 0 Å². The van der Waals surface area contributed by atoms with Crippen molar-refractivity contribution >= 4 is 17.4 Å². The van der Waals surface area contributed by atoms with Crippen molar-refractivity contribution in [2.24, 2.45) is 0 Å². The maximum atomic E-state index is 12.5. The van der Waals surface area contributed by atoms with Crippen LogP contribution in [0.4, 0.5) is 5.69 Å². The monoisotopic (exact) mass is 283 g/mol. The normalized spacial score (nSPS) is 11.9. The van der Waals surface area contributed by atoms with Gasteiger partial charge in [0.25, 0.3) is 0 Å². The van der Waals surface area contributed by atoms with Gasteiger partial charge in [-0.15, -0.1) is 0 Å². The molecule has 0 heterocycles. The molecule has 0 saturated carbocycles. The van der Waals surface area contributed by atoms with Gasteiger partial charge in [0.15, 0.2) is 5.78 Å². The molecule has 4 nitrogen and oxygen atoms in total. The van der Waals surface area contributed by atoms with Crippen LogP contribution in [0.25, 0.3) is 0 Å². The van der Waals surface area contributed by atoms with Gasteiger partial charge in [0, 0.05) is 16.8 Å². The summed E-state index contributed by atoms with van der Waals surface area (Å²) in [4.78, 5) is 23.8. The number of carbonyl (C=O) groups excluding carboxylic acids is 1. The molecule has 0 aliphatic rings. The zero-order chi connectivity index (χ0) is 15.4. The van der Waals surface area contributed by atoms with E-state index in [0.29, 0.717) is 23.1 Å². The van der Waals surface area contributed by atoms with Crippen LogP contribution in [-0.4, -0.2) is 16.9 Å². The molecule has 0 amide bonds. The van der Waals surface area contributed by atoms with Crippen LogP contribution in [0, 0.1) is 0 Å². The number of hydrogen-bond donors (Lipinski definition) is 2. The Bertz CT molecular complexity index is 665. The summed E-state index contributed by atoms with van der Waals surface area (Å²) in [7, 11) is 0. The molecule has 0 aliphatic carbocycles. The van der Waals surface area contributed by atoms with E-state index in [0.717, 1.165) is 0 Å². The molecule has 3 N–H and O–H groups in total. The summed E-state index contributed by atoms with van der Waals surface area (Å²) in [6.45, 7) is 1.78. The lowest BCUT2D eigenvalue weighted by Gasteiger charge is -2.15. The third kappa shape index (κ3) is 2.94. The molecule has 0 saturated heterocycles. The lowest BCUT2D eigenvalue weighted by atomic mass is 9.91. The zero-order valence-corrected chi connectivity index (χ0v) is 11.7. The third-order valence-electron chi connectivity index (χ3n) is 3.50. The van der Waals surface area contributed by atoms with E-state index in [1.54, 1.807) is 49.4 Å². The molecular formula is C17H17NO3. The molecule has 1 atom stereocenters. The molecule has 0 aliphatic heterocycles.